The van der Waals surface area contributed by atoms with Crippen molar-refractivity contribution in [3.8, 4) is 0 Å². The molecule has 174 valence electrons. The van der Waals surface area contributed by atoms with E-state index in [0.29, 0.717) is 34.5 Å². The van der Waals surface area contributed by atoms with Crippen LogP contribution in [0.5, 0.6) is 0 Å². The van der Waals surface area contributed by atoms with Gasteiger partial charge in [0.2, 0.25) is 11.8 Å². The van der Waals surface area contributed by atoms with Crippen LogP contribution in [0.3, 0.4) is 0 Å². The zero-order valence-corrected chi connectivity index (χ0v) is 20.1. The summed E-state index contributed by atoms with van der Waals surface area (Å²) in [4.78, 5) is 32.3. The highest BCUT2D eigenvalue weighted by Crippen LogP contribution is 2.30. The SMILES string of the molecule is Cc1cccc(NC(=O)C2CC(=O)N(CCc3ccc(Cl)cc3)C(=Nc3ccc(F)cc3)S2)c1. The number of halogens is 2. The number of carbonyl (C=O) groups is 2. The van der Waals surface area contributed by atoms with Gasteiger partial charge in [-0.25, -0.2) is 9.38 Å². The van der Waals surface area contributed by atoms with Crippen LogP contribution in [-0.4, -0.2) is 33.7 Å². The third-order valence-electron chi connectivity index (χ3n) is 5.31. The molecule has 1 heterocycles. The van der Waals surface area contributed by atoms with E-state index < -0.39 is 5.25 Å². The Hall–Kier alpha value is -3.16. The minimum Gasteiger partial charge on any atom is -0.325 e. The van der Waals surface area contributed by atoms with Gasteiger partial charge >= 0.3 is 0 Å². The van der Waals surface area contributed by atoms with E-state index in [1.165, 1.54) is 23.9 Å². The lowest BCUT2D eigenvalue weighted by Crippen LogP contribution is -2.46. The molecule has 0 aromatic heterocycles. The Bertz CT molecular complexity index is 1220. The van der Waals surface area contributed by atoms with Crippen LogP contribution in [0.4, 0.5) is 15.8 Å². The summed E-state index contributed by atoms with van der Waals surface area (Å²) in [5, 5.41) is 3.33. The van der Waals surface area contributed by atoms with E-state index in [9.17, 15) is 14.0 Å². The zero-order valence-electron chi connectivity index (χ0n) is 18.5. The largest absolute Gasteiger partial charge is 0.325 e. The van der Waals surface area contributed by atoms with Crippen molar-refractivity contribution < 1.29 is 14.0 Å². The first kappa shape index (κ1) is 24.0. The van der Waals surface area contributed by atoms with Gasteiger partial charge in [-0.05, 0) is 73.0 Å². The summed E-state index contributed by atoms with van der Waals surface area (Å²) in [6, 6.07) is 20.7. The second-order valence-corrected chi connectivity index (χ2v) is 9.57. The van der Waals surface area contributed by atoms with Gasteiger partial charge in [0.15, 0.2) is 5.17 Å². The molecule has 1 N–H and O–H groups in total. The molecule has 0 radical (unpaired) electrons. The highest BCUT2D eigenvalue weighted by atomic mass is 35.5. The standard InChI is InChI=1S/C26H23ClFN3O2S/c1-17-3-2-4-22(15-17)29-25(33)23-16-24(32)31(14-13-18-5-7-19(27)8-6-18)26(34-23)30-21-11-9-20(28)10-12-21/h2-12,15,23H,13-14,16H2,1H3,(H,29,33). The Morgan fingerprint density at radius 1 is 1.15 bits per heavy atom. The summed E-state index contributed by atoms with van der Waals surface area (Å²) in [5.74, 6) is -0.808. The highest BCUT2D eigenvalue weighted by Gasteiger charge is 2.35. The van der Waals surface area contributed by atoms with Crippen LogP contribution >= 0.6 is 23.4 Å². The number of thioether (sulfide) groups is 1. The molecule has 0 bridgehead atoms. The van der Waals surface area contributed by atoms with Crippen LogP contribution in [0.25, 0.3) is 0 Å². The maximum atomic E-state index is 13.4. The molecule has 0 saturated carbocycles. The maximum absolute atomic E-state index is 13.4. The Kier molecular flexibility index (Phi) is 7.65. The third kappa shape index (κ3) is 6.24. The quantitative estimate of drug-likeness (QED) is 0.457. The molecule has 3 aromatic carbocycles. The summed E-state index contributed by atoms with van der Waals surface area (Å²) < 4.78 is 13.4. The number of nitrogens with zero attached hydrogens (tertiary/aromatic N) is 2. The van der Waals surface area contributed by atoms with Gasteiger partial charge in [0.25, 0.3) is 0 Å². The number of hydrogen-bond acceptors (Lipinski definition) is 4. The van der Waals surface area contributed by atoms with E-state index in [1.807, 2.05) is 55.5 Å². The summed E-state index contributed by atoms with van der Waals surface area (Å²) in [5.41, 5.74) is 3.24. The summed E-state index contributed by atoms with van der Waals surface area (Å²) in [7, 11) is 0. The molecule has 1 fully saturated rings. The number of aliphatic imine (C=N–C) groups is 1. The van der Waals surface area contributed by atoms with Crippen LogP contribution < -0.4 is 5.32 Å². The van der Waals surface area contributed by atoms with Crippen molar-refractivity contribution in [3.63, 3.8) is 0 Å². The number of benzene rings is 3. The van der Waals surface area contributed by atoms with Gasteiger partial charge in [0.1, 0.15) is 11.1 Å². The van der Waals surface area contributed by atoms with Crippen LogP contribution in [0.2, 0.25) is 5.02 Å². The molecule has 34 heavy (non-hydrogen) atoms. The third-order valence-corrected chi connectivity index (χ3v) is 6.75. The van der Waals surface area contributed by atoms with E-state index in [2.05, 4.69) is 10.3 Å². The average Bonchev–Trinajstić information content (AvgIpc) is 2.81. The number of nitrogens with one attached hydrogen (secondary N) is 1. The van der Waals surface area contributed by atoms with E-state index in [4.69, 9.17) is 11.6 Å². The topological polar surface area (TPSA) is 61.8 Å². The molecule has 0 aliphatic carbocycles. The summed E-state index contributed by atoms with van der Waals surface area (Å²) >= 11 is 7.21. The fraction of sp³-hybridized carbons (Fsp3) is 0.192. The van der Waals surface area contributed by atoms with Crippen molar-refractivity contribution >= 4 is 51.7 Å². The minimum atomic E-state index is -0.626. The number of rotatable bonds is 6. The molecule has 1 saturated heterocycles. The smallest absolute Gasteiger partial charge is 0.238 e. The number of aryl methyl sites for hydroxylation is 1. The molecular weight excluding hydrogens is 473 g/mol. The molecule has 1 aliphatic heterocycles. The van der Waals surface area contributed by atoms with Gasteiger partial charge in [-0.1, -0.05) is 47.6 Å². The molecule has 1 aliphatic rings. The number of amidine groups is 1. The van der Waals surface area contributed by atoms with Crippen LogP contribution in [-0.2, 0) is 16.0 Å². The molecule has 4 rings (SSSR count). The molecular formula is C26H23ClFN3O2S. The molecule has 0 spiro atoms. The van der Waals surface area contributed by atoms with Gasteiger partial charge in [0, 0.05) is 23.7 Å². The molecule has 2 amide bonds. The lowest BCUT2D eigenvalue weighted by molar-refractivity contribution is -0.129. The van der Waals surface area contributed by atoms with Crippen molar-refractivity contribution in [2.75, 3.05) is 11.9 Å². The Balaban J connectivity index is 1.55. The predicted molar refractivity (Wildman–Crippen MR) is 136 cm³/mol. The Labute approximate surface area is 207 Å². The first-order valence-corrected chi connectivity index (χ1v) is 12.1. The molecule has 8 heteroatoms. The molecule has 5 nitrogen and oxygen atoms in total. The van der Waals surface area contributed by atoms with Gasteiger partial charge < -0.3 is 5.32 Å². The molecule has 3 aromatic rings. The first-order valence-electron chi connectivity index (χ1n) is 10.8. The van der Waals surface area contributed by atoms with Crippen molar-refractivity contribution in [3.05, 3.63) is 94.8 Å². The summed E-state index contributed by atoms with van der Waals surface area (Å²) in [6.07, 6.45) is 0.664. The lowest BCUT2D eigenvalue weighted by Gasteiger charge is -2.32. The number of carbonyl (C=O) groups excluding carboxylic acids is 2. The van der Waals surface area contributed by atoms with E-state index in [1.54, 1.807) is 17.0 Å². The number of anilines is 1. The lowest BCUT2D eigenvalue weighted by atomic mass is 10.1. The molecule has 1 unspecified atom stereocenters. The predicted octanol–water partition coefficient (Wildman–Crippen LogP) is 5.99. The fourth-order valence-corrected chi connectivity index (χ4v) is 4.78. The number of amides is 2. The van der Waals surface area contributed by atoms with Crippen LogP contribution in [0.15, 0.2) is 77.8 Å². The van der Waals surface area contributed by atoms with Crippen molar-refractivity contribution in [2.24, 2.45) is 4.99 Å². The molecule has 1 atom stereocenters. The van der Waals surface area contributed by atoms with Crippen molar-refractivity contribution in [2.45, 2.75) is 25.0 Å². The maximum Gasteiger partial charge on any atom is 0.238 e. The summed E-state index contributed by atoms with van der Waals surface area (Å²) in [6.45, 7) is 2.35. The van der Waals surface area contributed by atoms with Crippen LogP contribution in [0, 0.1) is 12.7 Å². The van der Waals surface area contributed by atoms with Crippen LogP contribution in [0.1, 0.15) is 17.5 Å². The van der Waals surface area contributed by atoms with E-state index >= 15 is 0 Å². The van der Waals surface area contributed by atoms with Gasteiger partial charge in [-0.3, -0.25) is 14.5 Å². The zero-order chi connectivity index (χ0) is 24.1. The second-order valence-electron chi connectivity index (χ2n) is 7.96. The number of hydrogen-bond donors (Lipinski definition) is 1. The Morgan fingerprint density at radius 2 is 1.88 bits per heavy atom. The van der Waals surface area contributed by atoms with E-state index in [0.717, 1.165) is 11.1 Å². The second kappa shape index (κ2) is 10.8. The van der Waals surface area contributed by atoms with E-state index in [-0.39, 0.29) is 24.1 Å². The van der Waals surface area contributed by atoms with Crippen molar-refractivity contribution in [1.29, 1.82) is 0 Å². The Morgan fingerprint density at radius 3 is 2.59 bits per heavy atom. The van der Waals surface area contributed by atoms with Gasteiger partial charge in [-0.15, -0.1) is 0 Å². The first-order chi connectivity index (χ1) is 16.4. The normalized spacial score (nSPS) is 17.1. The fourth-order valence-electron chi connectivity index (χ4n) is 3.52. The average molecular weight is 496 g/mol. The van der Waals surface area contributed by atoms with Crippen molar-refractivity contribution in [1.82, 2.24) is 4.90 Å². The van der Waals surface area contributed by atoms with Gasteiger partial charge in [0.05, 0.1) is 5.69 Å². The van der Waals surface area contributed by atoms with Gasteiger partial charge in [-0.2, -0.15) is 0 Å². The minimum absolute atomic E-state index is 0.0609. The highest BCUT2D eigenvalue weighted by molar-refractivity contribution is 8.15. The monoisotopic (exact) mass is 495 g/mol.